The first-order chi connectivity index (χ1) is 15.1. The van der Waals surface area contributed by atoms with Crippen LogP contribution in [0.15, 0.2) is 92.6 Å². The highest BCUT2D eigenvalue weighted by atomic mass is 79.9. The molecule has 1 aromatic heterocycles. The summed E-state index contributed by atoms with van der Waals surface area (Å²) in [5, 5.41) is 3.02. The highest BCUT2D eigenvalue weighted by Crippen LogP contribution is 2.24. The minimum atomic E-state index is -0.646. The highest BCUT2D eigenvalue weighted by molar-refractivity contribution is 9.10. The van der Waals surface area contributed by atoms with Gasteiger partial charge in [0.15, 0.2) is 5.76 Å². The summed E-state index contributed by atoms with van der Waals surface area (Å²) >= 11 is 4.45. The molecular formula is C23H17BrN2O4S. The number of carbonyl (C=O) groups is 2. The van der Waals surface area contributed by atoms with Crippen molar-refractivity contribution in [1.82, 2.24) is 10.0 Å². The van der Waals surface area contributed by atoms with Gasteiger partial charge in [-0.05, 0) is 60.0 Å². The average Bonchev–Trinajstić information content (AvgIpc) is 3.21. The largest absolute Gasteiger partial charge is 0.489 e. The molecule has 0 radical (unpaired) electrons. The molecular weight excluding hydrogens is 480 g/mol. The second kappa shape index (κ2) is 9.72. The third-order valence-corrected chi connectivity index (χ3v) is 5.51. The smallest absolute Gasteiger partial charge is 0.332 e. The van der Waals surface area contributed by atoms with Gasteiger partial charge >= 0.3 is 6.03 Å². The number of imide groups is 1. The summed E-state index contributed by atoms with van der Waals surface area (Å²) < 4.78 is 14.7. The lowest BCUT2D eigenvalue weighted by Gasteiger charge is -2.08. The van der Waals surface area contributed by atoms with Crippen molar-refractivity contribution in [3.05, 3.63) is 94.7 Å². The molecule has 0 saturated carbocycles. The zero-order chi connectivity index (χ0) is 21.6. The van der Waals surface area contributed by atoms with Crippen LogP contribution in [-0.4, -0.2) is 11.9 Å². The zero-order valence-corrected chi connectivity index (χ0v) is 18.5. The van der Waals surface area contributed by atoms with E-state index in [9.17, 15) is 9.59 Å². The number of hydrogen-bond donors (Lipinski definition) is 2. The van der Waals surface area contributed by atoms with Gasteiger partial charge in [0, 0.05) is 14.8 Å². The van der Waals surface area contributed by atoms with Gasteiger partial charge in [-0.1, -0.05) is 52.3 Å². The van der Waals surface area contributed by atoms with E-state index in [2.05, 4.69) is 26.0 Å². The lowest BCUT2D eigenvalue weighted by molar-refractivity contribution is 0.0940. The van der Waals surface area contributed by atoms with E-state index in [4.69, 9.17) is 9.15 Å². The second-order valence-corrected chi connectivity index (χ2v) is 8.32. The Morgan fingerprint density at radius 1 is 0.968 bits per heavy atom. The van der Waals surface area contributed by atoms with Gasteiger partial charge in [0.2, 0.25) is 0 Å². The van der Waals surface area contributed by atoms with E-state index in [0.717, 1.165) is 32.3 Å². The predicted octanol–water partition coefficient (Wildman–Crippen LogP) is 5.92. The maximum Gasteiger partial charge on any atom is 0.332 e. The van der Waals surface area contributed by atoms with E-state index in [1.54, 1.807) is 12.1 Å². The minimum absolute atomic E-state index is 0.0598. The predicted molar refractivity (Wildman–Crippen MR) is 123 cm³/mol. The maximum absolute atomic E-state index is 12.3. The highest BCUT2D eigenvalue weighted by Gasteiger charge is 2.15. The Kier molecular flexibility index (Phi) is 6.59. The number of nitrogens with one attached hydrogen (secondary N) is 2. The summed E-state index contributed by atoms with van der Waals surface area (Å²) in [5.41, 5.74) is 1.63. The van der Waals surface area contributed by atoms with Crippen molar-refractivity contribution in [3.8, 4) is 5.75 Å². The molecule has 31 heavy (non-hydrogen) atoms. The molecule has 2 N–H and O–H groups in total. The number of benzene rings is 3. The Morgan fingerprint density at radius 2 is 1.81 bits per heavy atom. The van der Waals surface area contributed by atoms with Crippen LogP contribution in [0.3, 0.4) is 0 Å². The van der Waals surface area contributed by atoms with Gasteiger partial charge in [0.25, 0.3) is 5.91 Å². The van der Waals surface area contributed by atoms with Crippen LogP contribution in [0.25, 0.3) is 11.0 Å². The number of fused-ring (bicyclic) bond motifs is 1. The van der Waals surface area contributed by atoms with Crippen LogP contribution in [-0.2, 0) is 6.61 Å². The summed E-state index contributed by atoms with van der Waals surface area (Å²) in [4.78, 5) is 25.2. The van der Waals surface area contributed by atoms with Crippen LogP contribution in [0.5, 0.6) is 5.75 Å². The van der Waals surface area contributed by atoms with Crippen LogP contribution < -0.4 is 14.8 Å². The van der Waals surface area contributed by atoms with Crippen LogP contribution in [0.4, 0.5) is 4.79 Å². The van der Waals surface area contributed by atoms with Gasteiger partial charge < -0.3 is 9.15 Å². The SMILES string of the molecule is O=C(NSc1cccc(OCc2ccccc2)c1)NC(=O)c1cc2cc(Br)ccc2o1. The molecule has 0 unspecified atom stereocenters. The first-order valence-corrected chi connectivity index (χ1v) is 10.9. The molecule has 0 fully saturated rings. The molecule has 1 heterocycles. The third kappa shape index (κ3) is 5.68. The molecule has 4 rings (SSSR count). The van der Waals surface area contributed by atoms with Crippen LogP contribution in [0.2, 0.25) is 0 Å². The first-order valence-electron chi connectivity index (χ1n) is 9.31. The number of carbonyl (C=O) groups excluding carboxylic acids is 2. The van der Waals surface area contributed by atoms with Gasteiger partial charge in [0.05, 0.1) is 0 Å². The molecule has 3 amide bonds. The van der Waals surface area contributed by atoms with Crippen molar-refractivity contribution in [2.45, 2.75) is 11.5 Å². The summed E-state index contributed by atoms with van der Waals surface area (Å²) in [5.74, 6) is 0.121. The summed E-state index contributed by atoms with van der Waals surface area (Å²) in [7, 11) is 0. The van der Waals surface area contributed by atoms with Gasteiger partial charge in [0.1, 0.15) is 17.9 Å². The van der Waals surface area contributed by atoms with Gasteiger partial charge in [-0.25, -0.2) is 4.79 Å². The van der Waals surface area contributed by atoms with Crippen LogP contribution in [0.1, 0.15) is 16.1 Å². The fraction of sp³-hybridized carbons (Fsp3) is 0.0435. The van der Waals surface area contributed by atoms with Crippen molar-refractivity contribution in [2.75, 3.05) is 0 Å². The fourth-order valence-electron chi connectivity index (χ4n) is 2.79. The lowest BCUT2D eigenvalue weighted by atomic mass is 10.2. The van der Waals surface area contributed by atoms with Gasteiger partial charge in [-0.2, -0.15) is 0 Å². The van der Waals surface area contributed by atoms with E-state index >= 15 is 0 Å². The quantitative estimate of drug-likeness (QED) is 0.323. The average molecular weight is 497 g/mol. The van der Waals surface area contributed by atoms with E-state index < -0.39 is 11.9 Å². The monoisotopic (exact) mass is 496 g/mol. The van der Waals surface area contributed by atoms with Gasteiger partial charge in [-0.15, -0.1) is 0 Å². The second-order valence-electron chi connectivity index (χ2n) is 6.53. The number of amides is 3. The lowest BCUT2D eigenvalue weighted by Crippen LogP contribution is -2.36. The molecule has 3 aromatic carbocycles. The Hall–Kier alpha value is -3.23. The molecule has 0 atom stereocenters. The molecule has 0 aliphatic carbocycles. The van der Waals surface area contributed by atoms with Crippen molar-refractivity contribution in [3.63, 3.8) is 0 Å². The number of furan rings is 1. The summed E-state index contributed by atoms with van der Waals surface area (Å²) in [6, 6.07) is 23.5. The number of hydrogen-bond acceptors (Lipinski definition) is 5. The van der Waals surface area contributed by atoms with Crippen molar-refractivity contribution in [2.24, 2.45) is 0 Å². The molecule has 156 valence electrons. The molecule has 0 aliphatic heterocycles. The zero-order valence-electron chi connectivity index (χ0n) is 16.1. The summed E-state index contributed by atoms with van der Waals surface area (Å²) in [6.45, 7) is 0.450. The van der Waals surface area contributed by atoms with Crippen molar-refractivity contribution in [1.29, 1.82) is 0 Å². The molecule has 6 nitrogen and oxygen atoms in total. The molecule has 4 aromatic rings. The minimum Gasteiger partial charge on any atom is -0.489 e. The normalized spacial score (nSPS) is 10.6. The molecule has 0 spiro atoms. The number of ether oxygens (including phenoxy) is 1. The number of halogens is 1. The van der Waals surface area contributed by atoms with Crippen LogP contribution >= 0.6 is 27.9 Å². The van der Waals surface area contributed by atoms with Crippen LogP contribution in [0, 0.1) is 0 Å². The third-order valence-electron chi connectivity index (χ3n) is 4.24. The molecule has 8 heteroatoms. The number of rotatable bonds is 6. The summed E-state index contributed by atoms with van der Waals surface area (Å²) in [6.07, 6.45) is 0. The van der Waals surface area contributed by atoms with E-state index in [1.165, 1.54) is 0 Å². The van der Waals surface area contributed by atoms with Gasteiger partial charge in [-0.3, -0.25) is 14.8 Å². The standard InChI is InChI=1S/C23H17BrN2O4S/c24-17-9-10-20-16(11-17)12-21(30-20)22(27)25-23(28)26-31-19-8-4-7-18(13-19)29-14-15-5-2-1-3-6-15/h1-13H,14H2,(H2,25,26,27,28). The van der Waals surface area contributed by atoms with E-state index in [-0.39, 0.29) is 5.76 Å². The van der Waals surface area contributed by atoms with Crippen molar-refractivity contribution < 1.29 is 18.7 Å². The Balaban J connectivity index is 1.30. The molecule has 0 aliphatic rings. The van der Waals surface area contributed by atoms with E-state index in [0.29, 0.717) is 17.9 Å². The molecule has 0 bridgehead atoms. The topological polar surface area (TPSA) is 80.6 Å². The van der Waals surface area contributed by atoms with E-state index in [1.807, 2.05) is 66.7 Å². The maximum atomic E-state index is 12.3. The van der Waals surface area contributed by atoms with Crippen molar-refractivity contribution >= 4 is 50.8 Å². The fourth-order valence-corrected chi connectivity index (χ4v) is 3.75. The Bertz CT molecular complexity index is 1230. The molecule has 0 saturated heterocycles. The first kappa shape index (κ1) is 21.0. The number of urea groups is 1. The Labute approximate surface area is 191 Å². The Morgan fingerprint density at radius 3 is 2.65 bits per heavy atom.